The van der Waals surface area contributed by atoms with E-state index in [4.69, 9.17) is 9.97 Å². The molecular formula is C50H31N3S. The molecule has 4 heteroatoms. The molecule has 0 saturated carbocycles. The van der Waals surface area contributed by atoms with Gasteiger partial charge < -0.3 is 0 Å². The van der Waals surface area contributed by atoms with Gasteiger partial charge in [-0.2, -0.15) is 0 Å². The highest BCUT2D eigenvalue weighted by Crippen LogP contribution is 2.48. The van der Waals surface area contributed by atoms with E-state index in [1.54, 1.807) is 0 Å². The molecule has 0 aliphatic rings. The monoisotopic (exact) mass is 705 g/mol. The van der Waals surface area contributed by atoms with E-state index in [9.17, 15) is 0 Å². The summed E-state index contributed by atoms with van der Waals surface area (Å²) in [6.45, 7) is 0. The fourth-order valence-electron chi connectivity index (χ4n) is 8.09. The fourth-order valence-corrected chi connectivity index (χ4v) is 9.33. The lowest BCUT2D eigenvalue weighted by Crippen LogP contribution is -2.04. The minimum atomic E-state index is 0.655. The summed E-state index contributed by atoms with van der Waals surface area (Å²) in [7, 11) is 0. The third kappa shape index (κ3) is 4.88. The van der Waals surface area contributed by atoms with Crippen LogP contribution < -0.4 is 0 Å². The zero-order valence-electron chi connectivity index (χ0n) is 29.1. The number of thiophene rings is 1. The van der Waals surface area contributed by atoms with E-state index in [1.165, 1.54) is 64.0 Å². The zero-order chi connectivity index (χ0) is 35.6. The van der Waals surface area contributed by atoms with E-state index >= 15 is 0 Å². The third-order valence-electron chi connectivity index (χ3n) is 10.6. The van der Waals surface area contributed by atoms with Gasteiger partial charge in [-0.1, -0.05) is 164 Å². The Kier molecular flexibility index (Phi) is 7.04. The number of hydrogen-bond donors (Lipinski definition) is 0. The molecule has 0 fully saturated rings. The molecule has 0 bridgehead atoms. The second-order valence-electron chi connectivity index (χ2n) is 13.8. The lowest BCUT2D eigenvalue weighted by atomic mass is 9.97. The van der Waals surface area contributed by atoms with Gasteiger partial charge in [0.05, 0.1) is 22.4 Å². The molecule has 0 unspecified atom stereocenters. The number of benzene rings is 8. The topological polar surface area (TPSA) is 30.7 Å². The lowest BCUT2D eigenvalue weighted by molar-refractivity contribution is 0.998. The van der Waals surface area contributed by atoms with Crippen LogP contribution in [0.15, 0.2) is 188 Å². The standard InChI is InChI=1S/C50H31N3S/c1-4-14-32(15-5-1)33-24-26-34(27-25-33)37-28-29-44-41(30-37)46-38-20-10-11-21-39(38)49-47(40-22-12-13-23-45(40)54-49)48(46)53(44)50-51-42(35-16-6-2-7-17-35)31-43(52-50)36-18-8-3-9-19-36/h1-31H. The van der Waals surface area contributed by atoms with Gasteiger partial charge >= 0.3 is 0 Å². The summed E-state index contributed by atoms with van der Waals surface area (Å²) in [6.07, 6.45) is 0. The van der Waals surface area contributed by atoms with E-state index in [1.807, 2.05) is 23.5 Å². The van der Waals surface area contributed by atoms with Gasteiger partial charge in [-0.25, -0.2) is 9.97 Å². The summed E-state index contributed by atoms with van der Waals surface area (Å²) in [5.41, 5.74) is 10.9. The highest BCUT2D eigenvalue weighted by molar-refractivity contribution is 7.27. The molecule has 252 valence electrons. The second-order valence-corrected chi connectivity index (χ2v) is 14.8. The Bertz CT molecular complexity index is 3120. The van der Waals surface area contributed by atoms with Crippen LogP contribution >= 0.6 is 11.3 Å². The molecule has 0 aliphatic heterocycles. The van der Waals surface area contributed by atoms with Gasteiger partial charge in [0.2, 0.25) is 5.95 Å². The number of fused-ring (bicyclic) bond motifs is 10. The van der Waals surface area contributed by atoms with E-state index < -0.39 is 0 Å². The number of rotatable bonds is 5. The van der Waals surface area contributed by atoms with E-state index in [2.05, 4.69) is 180 Å². The molecule has 0 N–H and O–H groups in total. The lowest BCUT2D eigenvalue weighted by Gasteiger charge is -2.13. The van der Waals surface area contributed by atoms with Crippen LogP contribution in [0.1, 0.15) is 0 Å². The van der Waals surface area contributed by atoms with Crippen LogP contribution in [0.2, 0.25) is 0 Å². The van der Waals surface area contributed by atoms with Crippen molar-refractivity contribution in [1.29, 1.82) is 0 Å². The molecule has 11 aromatic rings. The molecule has 11 rings (SSSR count). The zero-order valence-corrected chi connectivity index (χ0v) is 30.0. The first-order valence-corrected chi connectivity index (χ1v) is 19.1. The molecule has 0 spiro atoms. The summed E-state index contributed by atoms with van der Waals surface area (Å²) < 4.78 is 4.88. The molecule has 0 radical (unpaired) electrons. The SMILES string of the molecule is c1ccc(-c2ccc(-c3ccc4c(c3)c3c5ccccc5c5sc6ccccc6c5c3n4-c3nc(-c4ccccc4)cc(-c4ccccc4)n3)cc2)cc1. The summed E-state index contributed by atoms with van der Waals surface area (Å²) in [5, 5.41) is 7.38. The normalized spacial score (nSPS) is 11.7. The maximum atomic E-state index is 5.40. The molecule has 0 atom stereocenters. The van der Waals surface area contributed by atoms with Gasteiger partial charge in [-0.15, -0.1) is 11.3 Å². The minimum Gasteiger partial charge on any atom is -0.277 e. The van der Waals surface area contributed by atoms with Gasteiger partial charge in [0.25, 0.3) is 0 Å². The van der Waals surface area contributed by atoms with Crippen molar-refractivity contribution in [2.75, 3.05) is 0 Å². The van der Waals surface area contributed by atoms with Crippen LogP contribution in [-0.2, 0) is 0 Å². The average molecular weight is 706 g/mol. The Morgan fingerprint density at radius 2 is 0.870 bits per heavy atom. The summed E-state index contributed by atoms with van der Waals surface area (Å²) in [4.78, 5) is 10.8. The van der Waals surface area contributed by atoms with Gasteiger partial charge in [-0.3, -0.25) is 4.57 Å². The largest absolute Gasteiger partial charge is 0.277 e. The quantitative estimate of drug-likeness (QED) is 0.178. The van der Waals surface area contributed by atoms with Crippen molar-refractivity contribution in [3.8, 4) is 50.7 Å². The van der Waals surface area contributed by atoms with Crippen molar-refractivity contribution in [1.82, 2.24) is 14.5 Å². The van der Waals surface area contributed by atoms with Crippen LogP contribution in [0.25, 0.3) is 103 Å². The Balaban J connectivity index is 1.26. The molecule has 54 heavy (non-hydrogen) atoms. The predicted molar refractivity (Wildman–Crippen MR) is 229 cm³/mol. The third-order valence-corrected chi connectivity index (χ3v) is 11.8. The highest BCUT2D eigenvalue weighted by atomic mass is 32.1. The summed E-state index contributed by atoms with van der Waals surface area (Å²) in [5.74, 6) is 0.655. The van der Waals surface area contributed by atoms with E-state index in [0.29, 0.717) is 5.95 Å². The molecule has 0 aliphatic carbocycles. The second kappa shape index (κ2) is 12.4. The number of hydrogen-bond acceptors (Lipinski definition) is 3. The van der Waals surface area contributed by atoms with E-state index in [0.717, 1.165) is 33.5 Å². The number of aromatic nitrogens is 3. The Morgan fingerprint density at radius 3 is 1.52 bits per heavy atom. The molecule has 3 aromatic heterocycles. The summed E-state index contributed by atoms with van der Waals surface area (Å²) in [6, 6.07) is 67.1. The maximum absolute atomic E-state index is 5.40. The molecule has 8 aromatic carbocycles. The van der Waals surface area contributed by atoms with Gasteiger partial charge in [0, 0.05) is 47.5 Å². The highest BCUT2D eigenvalue weighted by Gasteiger charge is 2.24. The first kappa shape index (κ1) is 30.7. The first-order valence-electron chi connectivity index (χ1n) is 18.2. The van der Waals surface area contributed by atoms with Crippen molar-refractivity contribution in [2.24, 2.45) is 0 Å². The van der Waals surface area contributed by atoms with Crippen molar-refractivity contribution in [3.63, 3.8) is 0 Å². The smallest absolute Gasteiger partial charge is 0.235 e. The Labute approximate surface area is 316 Å². The Hall–Kier alpha value is -6.88. The van der Waals surface area contributed by atoms with Gasteiger partial charge in [-0.05, 0) is 51.9 Å². The Morgan fingerprint density at radius 1 is 0.370 bits per heavy atom. The fraction of sp³-hybridized carbons (Fsp3) is 0. The molecule has 0 saturated heterocycles. The van der Waals surface area contributed by atoms with Crippen molar-refractivity contribution < 1.29 is 0 Å². The van der Waals surface area contributed by atoms with Crippen LogP contribution in [-0.4, -0.2) is 14.5 Å². The van der Waals surface area contributed by atoms with Gasteiger partial charge in [0.15, 0.2) is 0 Å². The predicted octanol–water partition coefficient (Wildman–Crippen LogP) is 13.8. The van der Waals surface area contributed by atoms with Crippen molar-refractivity contribution in [3.05, 3.63) is 188 Å². The van der Waals surface area contributed by atoms with E-state index in [-0.39, 0.29) is 0 Å². The van der Waals surface area contributed by atoms with Crippen molar-refractivity contribution >= 4 is 64.1 Å². The van der Waals surface area contributed by atoms with Crippen LogP contribution in [0.3, 0.4) is 0 Å². The molecule has 0 amide bonds. The number of nitrogens with zero attached hydrogens (tertiary/aromatic N) is 3. The molecule has 3 heterocycles. The molecular weight excluding hydrogens is 675 g/mol. The van der Waals surface area contributed by atoms with Crippen LogP contribution in [0, 0.1) is 0 Å². The van der Waals surface area contributed by atoms with Gasteiger partial charge in [0.1, 0.15) is 0 Å². The minimum absolute atomic E-state index is 0.655. The van der Waals surface area contributed by atoms with Crippen molar-refractivity contribution in [2.45, 2.75) is 0 Å². The first-order chi connectivity index (χ1) is 26.8. The summed E-state index contributed by atoms with van der Waals surface area (Å²) >= 11 is 1.87. The van der Waals surface area contributed by atoms with Crippen LogP contribution in [0.5, 0.6) is 0 Å². The maximum Gasteiger partial charge on any atom is 0.235 e. The van der Waals surface area contributed by atoms with Crippen LogP contribution in [0.4, 0.5) is 0 Å². The average Bonchev–Trinajstić information content (AvgIpc) is 3.81. The molecule has 3 nitrogen and oxygen atoms in total.